The van der Waals surface area contributed by atoms with Crippen molar-refractivity contribution < 1.29 is 35.9 Å². The molecule has 3 rings (SSSR count). The van der Waals surface area contributed by atoms with Gasteiger partial charge in [0, 0.05) is 22.2 Å². The van der Waals surface area contributed by atoms with Crippen LogP contribution < -0.4 is 16.6 Å². The summed E-state index contributed by atoms with van der Waals surface area (Å²) in [7, 11) is 0. The molecule has 3 aromatic rings. The Morgan fingerprint density at radius 1 is 0.833 bits per heavy atom. The maximum atomic E-state index is 12.9. The highest BCUT2D eigenvalue weighted by molar-refractivity contribution is 6.07. The van der Waals surface area contributed by atoms with E-state index in [1.54, 1.807) is 0 Å². The molecular formula is C18H12F6N4O2. The van der Waals surface area contributed by atoms with E-state index in [1.807, 2.05) is 10.7 Å². The summed E-state index contributed by atoms with van der Waals surface area (Å²) in [5, 5.41) is 2.43. The van der Waals surface area contributed by atoms with Crippen LogP contribution in [-0.2, 0) is 12.4 Å². The van der Waals surface area contributed by atoms with E-state index in [4.69, 9.17) is 5.84 Å². The van der Waals surface area contributed by atoms with E-state index in [2.05, 4.69) is 4.98 Å². The number of anilines is 1. The predicted molar refractivity (Wildman–Crippen MR) is 94.4 cm³/mol. The number of halogens is 6. The van der Waals surface area contributed by atoms with Gasteiger partial charge in [-0.2, -0.15) is 26.3 Å². The van der Waals surface area contributed by atoms with Crippen molar-refractivity contribution in [3.8, 4) is 0 Å². The van der Waals surface area contributed by atoms with Gasteiger partial charge in [0.05, 0.1) is 11.1 Å². The van der Waals surface area contributed by atoms with E-state index in [0.29, 0.717) is 23.0 Å². The molecular weight excluding hydrogens is 418 g/mol. The number of nitrogens with two attached hydrogens (primary N) is 1. The van der Waals surface area contributed by atoms with Crippen molar-refractivity contribution in [3.05, 3.63) is 64.8 Å². The van der Waals surface area contributed by atoms with Gasteiger partial charge < -0.3 is 10.3 Å². The molecule has 12 heteroatoms. The molecule has 6 nitrogen and oxygen atoms in total. The Balaban J connectivity index is 1.94. The van der Waals surface area contributed by atoms with Gasteiger partial charge in [-0.3, -0.25) is 15.0 Å². The number of hydrogen-bond donors (Lipinski definition) is 4. The molecule has 2 aromatic carbocycles. The average Bonchev–Trinajstić information content (AvgIpc) is 3.09. The molecule has 5 N–H and O–H groups in total. The molecule has 1 aromatic heterocycles. The van der Waals surface area contributed by atoms with Gasteiger partial charge in [-0.15, -0.1) is 0 Å². The molecule has 158 valence electrons. The van der Waals surface area contributed by atoms with Crippen LogP contribution in [0.3, 0.4) is 0 Å². The van der Waals surface area contributed by atoms with Crippen LogP contribution in [0, 0.1) is 0 Å². The monoisotopic (exact) mass is 430 g/mol. The van der Waals surface area contributed by atoms with E-state index < -0.39 is 41.0 Å². The molecule has 0 radical (unpaired) electrons. The maximum Gasteiger partial charge on any atom is 0.416 e. The van der Waals surface area contributed by atoms with E-state index in [0.717, 1.165) is 0 Å². The molecule has 1 heterocycles. The van der Waals surface area contributed by atoms with Crippen molar-refractivity contribution >= 4 is 28.4 Å². The van der Waals surface area contributed by atoms with Gasteiger partial charge in [-0.25, -0.2) is 5.84 Å². The molecule has 0 fully saturated rings. The summed E-state index contributed by atoms with van der Waals surface area (Å²) >= 11 is 0. The van der Waals surface area contributed by atoms with Crippen molar-refractivity contribution in [2.75, 3.05) is 5.32 Å². The molecule has 0 saturated carbocycles. The molecule has 0 unspecified atom stereocenters. The topological polar surface area (TPSA) is 100 Å². The zero-order chi connectivity index (χ0) is 22.3. The standard InChI is InChI=1S/C18H12F6N4O2/c19-17(20,21)10-5-11(18(22,23)24)7-12(6-10)26-16(30)14-4-9-3-8(15(29)28-25)1-2-13(9)27-14/h1-7,27H,25H2,(H,26,30)(H,28,29). The normalized spacial score (nSPS) is 12.1. The van der Waals surface area contributed by atoms with Gasteiger partial charge in [0.2, 0.25) is 0 Å². The quantitative estimate of drug-likeness (QED) is 0.218. The lowest BCUT2D eigenvalue weighted by molar-refractivity contribution is -0.143. The second kappa shape index (κ2) is 7.37. The third-order valence-corrected chi connectivity index (χ3v) is 4.10. The Hall–Kier alpha value is -3.54. The summed E-state index contributed by atoms with van der Waals surface area (Å²) in [5.74, 6) is 3.48. The Morgan fingerprint density at radius 3 is 1.97 bits per heavy atom. The van der Waals surface area contributed by atoms with Gasteiger partial charge in [0.15, 0.2) is 0 Å². The van der Waals surface area contributed by atoms with Crippen molar-refractivity contribution in [1.82, 2.24) is 10.4 Å². The number of benzene rings is 2. The van der Waals surface area contributed by atoms with Crippen LogP contribution in [0.25, 0.3) is 10.9 Å². The Labute approximate surface area is 164 Å². The Kier molecular flexibility index (Phi) is 5.20. The number of aromatic nitrogens is 1. The number of nitrogen functional groups attached to an aromatic ring is 1. The number of aromatic amines is 1. The van der Waals surface area contributed by atoms with Crippen molar-refractivity contribution in [2.24, 2.45) is 5.84 Å². The largest absolute Gasteiger partial charge is 0.416 e. The number of nitrogens with one attached hydrogen (secondary N) is 3. The number of H-pyrrole nitrogens is 1. The second-order valence-electron chi connectivity index (χ2n) is 6.21. The van der Waals surface area contributed by atoms with Crippen molar-refractivity contribution in [3.63, 3.8) is 0 Å². The molecule has 30 heavy (non-hydrogen) atoms. The molecule has 0 aliphatic carbocycles. The highest BCUT2D eigenvalue weighted by atomic mass is 19.4. The lowest BCUT2D eigenvalue weighted by atomic mass is 10.1. The van der Waals surface area contributed by atoms with Crippen LogP contribution in [0.1, 0.15) is 32.0 Å². The molecule has 2 amide bonds. The van der Waals surface area contributed by atoms with E-state index in [1.165, 1.54) is 24.3 Å². The first kappa shape index (κ1) is 21.2. The summed E-state index contributed by atoms with van der Waals surface area (Å²) < 4.78 is 77.6. The maximum absolute atomic E-state index is 12.9. The number of hydrazine groups is 1. The summed E-state index contributed by atoms with van der Waals surface area (Å²) in [4.78, 5) is 26.6. The zero-order valence-electron chi connectivity index (χ0n) is 14.7. The van der Waals surface area contributed by atoms with Gasteiger partial charge in [-0.05, 0) is 42.5 Å². The molecule has 0 aliphatic heterocycles. The highest BCUT2D eigenvalue weighted by Gasteiger charge is 2.37. The summed E-state index contributed by atoms with van der Waals surface area (Å²) in [6.07, 6.45) is -10.1. The number of fused-ring (bicyclic) bond motifs is 1. The first-order chi connectivity index (χ1) is 13.9. The highest BCUT2D eigenvalue weighted by Crippen LogP contribution is 2.37. The molecule has 0 spiro atoms. The summed E-state index contributed by atoms with van der Waals surface area (Å²) in [6, 6.07) is 6.32. The number of carbonyl (C=O) groups excluding carboxylic acids is 2. The van der Waals surface area contributed by atoms with E-state index in [9.17, 15) is 35.9 Å². The third-order valence-electron chi connectivity index (χ3n) is 4.10. The Morgan fingerprint density at radius 2 is 1.43 bits per heavy atom. The van der Waals surface area contributed by atoms with Crippen LogP contribution in [0.2, 0.25) is 0 Å². The first-order valence-corrected chi connectivity index (χ1v) is 8.13. The fourth-order valence-electron chi connectivity index (χ4n) is 2.71. The van der Waals surface area contributed by atoms with Crippen LogP contribution in [-0.4, -0.2) is 16.8 Å². The van der Waals surface area contributed by atoms with E-state index in [-0.39, 0.29) is 17.3 Å². The van der Waals surface area contributed by atoms with Crippen LogP contribution in [0.5, 0.6) is 0 Å². The zero-order valence-corrected chi connectivity index (χ0v) is 14.7. The lowest BCUT2D eigenvalue weighted by Crippen LogP contribution is -2.29. The van der Waals surface area contributed by atoms with Gasteiger partial charge >= 0.3 is 12.4 Å². The minimum absolute atomic E-state index is 0.0391. The number of carbonyl (C=O) groups is 2. The molecule has 0 aliphatic rings. The number of hydrogen-bond acceptors (Lipinski definition) is 3. The number of rotatable bonds is 3. The molecule has 0 saturated heterocycles. The number of amides is 2. The molecule has 0 bridgehead atoms. The molecule has 0 atom stereocenters. The fourth-order valence-corrected chi connectivity index (χ4v) is 2.71. The van der Waals surface area contributed by atoms with Crippen LogP contribution in [0.4, 0.5) is 32.0 Å². The van der Waals surface area contributed by atoms with Gasteiger partial charge in [-0.1, -0.05) is 0 Å². The summed E-state index contributed by atoms with van der Waals surface area (Å²) in [5.41, 5.74) is -1.40. The lowest BCUT2D eigenvalue weighted by Gasteiger charge is -2.14. The van der Waals surface area contributed by atoms with Gasteiger partial charge in [0.25, 0.3) is 11.8 Å². The minimum Gasteiger partial charge on any atom is -0.351 e. The van der Waals surface area contributed by atoms with Crippen molar-refractivity contribution in [1.29, 1.82) is 0 Å². The number of alkyl halides is 6. The van der Waals surface area contributed by atoms with Crippen LogP contribution in [0.15, 0.2) is 42.5 Å². The minimum atomic E-state index is -5.04. The predicted octanol–water partition coefficient (Wildman–Crippen LogP) is 4.06. The summed E-state index contributed by atoms with van der Waals surface area (Å²) in [6.45, 7) is 0. The SMILES string of the molecule is NNC(=O)c1ccc2[nH]c(C(=O)Nc3cc(C(F)(F)F)cc(C(F)(F)F)c3)cc2c1. The van der Waals surface area contributed by atoms with Crippen molar-refractivity contribution in [2.45, 2.75) is 12.4 Å². The first-order valence-electron chi connectivity index (χ1n) is 8.13. The van der Waals surface area contributed by atoms with Gasteiger partial charge in [0.1, 0.15) is 5.69 Å². The smallest absolute Gasteiger partial charge is 0.351 e. The van der Waals surface area contributed by atoms with E-state index >= 15 is 0 Å². The van der Waals surface area contributed by atoms with Crippen LogP contribution >= 0.6 is 0 Å². The third kappa shape index (κ3) is 4.38. The Bertz CT molecular complexity index is 1100. The fraction of sp³-hybridized carbons (Fsp3) is 0.111. The average molecular weight is 430 g/mol. The second-order valence-corrected chi connectivity index (χ2v) is 6.21.